The first kappa shape index (κ1) is 21.5. The van der Waals surface area contributed by atoms with Gasteiger partial charge in [0.1, 0.15) is 0 Å². The predicted molar refractivity (Wildman–Crippen MR) is 124 cm³/mol. The second-order valence-electron chi connectivity index (χ2n) is 8.35. The van der Waals surface area contributed by atoms with Crippen LogP contribution in [0.2, 0.25) is 0 Å². The zero-order valence-electron chi connectivity index (χ0n) is 18.9. The number of aryl methyl sites for hydroxylation is 2. The molecule has 1 aliphatic rings. The van der Waals surface area contributed by atoms with Crippen LogP contribution in [0.1, 0.15) is 29.9 Å². The molecule has 164 valence electrons. The lowest BCUT2D eigenvalue weighted by atomic mass is 10.0. The molecule has 0 aliphatic carbocycles. The summed E-state index contributed by atoms with van der Waals surface area (Å²) in [5.74, 6) is 0.929. The molecule has 1 unspecified atom stereocenters. The molecule has 4 rings (SSSR count). The van der Waals surface area contributed by atoms with Crippen molar-refractivity contribution in [3.05, 3.63) is 71.5 Å². The molecular weight excluding hydrogens is 386 g/mol. The summed E-state index contributed by atoms with van der Waals surface area (Å²) < 4.78 is 1.99. The third-order valence-electron chi connectivity index (χ3n) is 6.20. The monoisotopic (exact) mass is 419 g/mol. The zero-order chi connectivity index (χ0) is 21.6. The van der Waals surface area contributed by atoms with E-state index in [0.29, 0.717) is 0 Å². The number of tetrazole rings is 1. The first-order valence-corrected chi connectivity index (χ1v) is 11.2. The highest BCUT2D eigenvalue weighted by Crippen LogP contribution is 2.29. The van der Waals surface area contributed by atoms with Crippen molar-refractivity contribution >= 4 is 5.69 Å². The van der Waals surface area contributed by atoms with E-state index in [4.69, 9.17) is 0 Å². The summed E-state index contributed by atoms with van der Waals surface area (Å²) in [7, 11) is 4.14. The molecule has 1 fully saturated rings. The maximum absolute atomic E-state index is 4.51. The van der Waals surface area contributed by atoms with Gasteiger partial charge >= 0.3 is 0 Å². The van der Waals surface area contributed by atoms with E-state index in [-0.39, 0.29) is 6.04 Å². The van der Waals surface area contributed by atoms with Crippen molar-refractivity contribution in [3.63, 3.8) is 0 Å². The Kier molecular flexibility index (Phi) is 6.94. The topological polar surface area (TPSA) is 53.3 Å². The summed E-state index contributed by atoms with van der Waals surface area (Å²) in [6, 6.07) is 19.4. The van der Waals surface area contributed by atoms with Gasteiger partial charge in [0.05, 0.1) is 6.04 Å². The fraction of sp³-hybridized carbons (Fsp3) is 0.458. The van der Waals surface area contributed by atoms with E-state index < -0.39 is 0 Å². The highest BCUT2D eigenvalue weighted by atomic mass is 15.6. The lowest BCUT2D eigenvalue weighted by molar-refractivity contribution is 0.108. The molecule has 1 saturated heterocycles. The Bertz CT molecular complexity index is 928. The van der Waals surface area contributed by atoms with Gasteiger partial charge in [-0.1, -0.05) is 49.4 Å². The number of hydrogen-bond acceptors (Lipinski definition) is 6. The summed E-state index contributed by atoms with van der Waals surface area (Å²) >= 11 is 0. The number of likely N-dealkylation sites (N-methyl/N-ethyl adjacent to an activating group) is 1. The molecule has 1 aliphatic heterocycles. The van der Waals surface area contributed by atoms with Crippen LogP contribution in [0.4, 0.5) is 5.69 Å². The molecule has 0 saturated carbocycles. The maximum Gasteiger partial charge on any atom is 0.173 e. The average molecular weight is 420 g/mol. The van der Waals surface area contributed by atoms with Crippen molar-refractivity contribution in [2.75, 3.05) is 51.7 Å². The fourth-order valence-corrected chi connectivity index (χ4v) is 4.26. The molecule has 0 bridgehead atoms. The van der Waals surface area contributed by atoms with Gasteiger partial charge in [0, 0.05) is 52.5 Å². The van der Waals surface area contributed by atoms with Crippen LogP contribution < -0.4 is 4.90 Å². The summed E-state index contributed by atoms with van der Waals surface area (Å²) in [6.07, 6.45) is 0.911. The fourth-order valence-electron chi connectivity index (χ4n) is 4.26. The number of aromatic nitrogens is 4. The molecule has 1 atom stereocenters. The van der Waals surface area contributed by atoms with Gasteiger partial charge in [0.15, 0.2) is 5.82 Å². The van der Waals surface area contributed by atoms with Crippen LogP contribution in [0.5, 0.6) is 0 Å². The zero-order valence-corrected chi connectivity index (χ0v) is 18.9. The van der Waals surface area contributed by atoms with Gasteiger partial charge in [-0.25, -0.2) is 4.68 Å². The molecule has 0 radical (unpaired) electrons. The number of hydrogen-bond donors (Lipinski definition) is 0. The van der Waals surface area contributed by atoms with E-state index in [9.17, 15) is 0 Å². The SMILES string of the molecule is CCN1CCN(C(c2ccc(N(C)C)cc2)c2nnnn2CCc2ccccc2)CC1. The van der Waals surface area contributed by atoms with Gasteiger partial charge in [0.2, 0.25) is 0 Å². The van der Waals surface area contributed by atoms with E-state index in [1.807, 2.05) is 4.68 Å². The molecule has 2 aromatic carbocycles. The Morgan fingerprint density at radius 2 is 1.65 bits per heavy atom. The number of nitrogens with zero attached hydrogens (tertiary/aromatic N) is 7. The summed E-state index contributed by atoms with van der Waals surface area (Å²) in [6.45, 7) is 8.29. The molecule has 7 heteroatoms. The van der Waals surface area contributed by atoms with E-state index >= 15 is 0 Å². The largest absolute Gasteiger partial charge is 0.378 e. The summed E-state index contributed by atoms with van der Waals surface area (Å²) in [4.78, 5) is 7.16. The molecular formula is C24H33N7. The maximum atomic E-state index is 4.51. The van der Waals surface area contributed by atoms with Crippen LogP contribution in [-0.4, -0.2) is 76.8 Å². The van der Waals surface area contributed by atoms with Crippen LogP contribution in [-0.2, 0) is 13.0 Å². The van der Waals surface area contributed by atoms with E-state index in [0.717, 1.165) is 51.5 Å². The highest BCUT2D eigenvalue weighted by molar-refractivity contribution is 5.47. The van der Waals surface area contributed by atoms with Gasteiger partial charge in [-0.05, 0) is 46.7 Å². The Balaban J connectivity index is 1.61. The van der Waals surface area contributed by atoms with E-state index in [1.165, 1.54) is 16.8 Å². The van der Waals surface area contributed by atoms with Crippen LogP contribution in [0.3, 0.4) is 0 Å². The summed E-state index contributed by atoms with van der Waals surface area (Å²) in [5.41, 5.74) is 3.74. The van der Waals surface area contributed by atoms with Crippen molar-refractivity contribution in [1.82, 2.24) is 30.0 Å². The normalized spacial score (nSPS) is 16.4. The van der Waals surface area contributed by atoms with Crippen LogP contribution >= 0.6 is 0 Å². The second-order valence-corrected chi connectivity index (χ2v) is 8.35. The van der Waals surface area contributed by atoms with Crippen molar-refractivity contribution in [2.24, 2.45) is 0 Å². The van der Waals surface area contributed by atoms with Crippen molar-refractivity contribution in [1.29, 1.82) is 0 Å². The third kappa shape index (κ3) is 5.11. The van der Waals surface area contributed by atoms with Crippen molar-refractivity contribution in [2.45, 2.75) is 25.9 Å². The molecule has 2 heterocycles. The third-order valence-corrected chi connectivity index (χ3v) is 6.20. The van der Waals surface area contributed by atoms with Crippen LogP contribution in [0.25, 0.3) is 0 Å². The van der Waals surface area contributed by atoms with Crippen molar-refractivity contribution in [3.8, 4) is 0 Å². The van der Waals surface area contributed by atoms with E-state index in [2.05, 4.69) is 106 Å². The van der Waals surface area contributed by atoms with Crippen LogP contribution in [0, 0.1) is 0 Å². The molecule has 31 heavy (non-hydrogen) atoms. The predicted octanol–water partition coefficient (Wildman–Crippen LogP) is 2.71. The van der Waals surface area contributed by atoms with Gasteiger partial charge < -0.3 is 9.80 Å². The molecule has 0 N–H and O–H groups in total. The Labute approximate surface area is 185 Å². The molecule has 0 amide bonds. The van der Waals surface area contributed by atoms with Crippen molar-refractivity contribution < 1.29 is 0 Å². The minimum atomic E-state index is 0.0565. The number of piperazine rings is 1. The average Bonchev–Trinajstić information content (AvgIpc) is 3.27. The summed E-state index contributed by atoms with van der Waals surface area (Å²) in [5, 5.41) is 12.9. The quantitative estimate of drug-likeness (QED) is 0.560. The molecule has 1 aromatic heterocycles. The molecule has 7 nitrogen and oxygen atoms in total. The number of anilines is 1. The second kappa shape index (κ2) is 10.0. The number of benzene rings is 2. The number of rotatable bonds is 8. The van der Waals surface area contributed by atoms with Crippen LogP contribution in [0.15, 0.2) is 54.6 Å². The van der Waals surface area contributed by atoms with Gasteiger partial charge in [-0.2, -0.15) is 0 Å². The standard InChI is InChI=1S/C24H33N7/c1-4-29-16-18-30(19-17-29)23(21-10-12-22(13-11-21)28(2)3)24-25-26-27-31(24)15-14-20-8-6-5-7-9-20/h5-13,23H,4,14-19H2,1-3H3. The first-order chi connectivity index (χ1) is 15.2. The minimum Gasteiger partial charge on any atom is -0.378 e. The molecule has 3 aromatic rings. The Hall–Kier alpha value is -2.77. The van der Waals surface area contributed by atoms with Gasteiger partial charge in [0.25, 0.3) is 0 Å². The smallest absolute Gasteiger partial charge is 0.173 e. The lowest BCUT2D eigenvalue weighted by Gasteiger charge is -2.38. The first-order valence-electron chi connectivity index (χ1n) is 11.2. The van der Waals surface area contributed by atoms with Gasteiger partial charge in [-0.15, -0.1) is 5.10 Å². The lowest BCUT2D eigenvalue weighted by Crippen LogP contribution is -2.48. The van der Waals surface area contributed by atoms with Gasteiger partial charge in [-0.3, -0.25) is 4.90 Å². The van der Waals surface area contributed by atoms with E-state index in [1.54, 1.807) is 0 Å². The Morgan fingerprint density at radius 3 is 2.29 bits per heavy atom. The highest BCUT2D eigenvalue weighted by Gasteiger charge is 2.30. The Morgan fingerprint density at radius 1 is 0.935 bits per heavy atom. The molecule has 0 spiro atoms. The minimum absolute atomic E-state index is 0.0565.